The third-order valence-electron chi connectivity index (χ3n) is 3.80. The Labute approximate surface area is 88.6 Å². The number of rotatable bonds is 5. The molecule has 0 aromatic carbocycles. The van der Waals surface area contributed by atoms with Gasteiger partial charge in [-0.15, -0.1) is 0 Å². The van der Waals surface area contributed by atoms with Crippen LogP contribution < -0.4 is 11.1 Å². The SMILES string of the molecule is CC(C)C(C)CNC1CCCC1CN. The highest BCUT2D eigenvalue weighted by atomic mass is 14.9. The molecule has 1 fully saturated rings. The van der Waals surface area contributed by atoms with E-state index in [1.54, 1.807) is 0 Å². The van der Waals surface area contributed by atoms with Gasteiger partial charge in [-0.25, -0.2) is 0 Å². The summed E-state index contributed by atoms with van der Waals surface area (Å²) in [4.78, 5) is 0. The molecule has 0 bridgehead atoms. The lowest BCUT2D eigenvalue weighted by Crippen LogP contribution is -2.39. The van der Waals surface area contributed by atoms with E-state index in [0.29, 0.717) is 6.04 Å². The molecule has 3 unspecified atom stereocenters. The molecule has 2 heteroatoms. The van der Waals surface area contributed by atoms with Crippen molar-refractivity contribution in [2.24, 2.45) is 23.5 Å². The van der Waals surface area contributed by atoms with E-state index in [1.807, 2.05) is 0 Å². The van der Waals surface area contributed by atoms with Crippen LogP contribution >= 0.6 is 0 Å². The molecule has 0 saturated heterocycles. The van der Waals surface area contributed by atoms with Gasteiger partial charge in [0, 0.05) is 6.04 Å². The van der Waals surface area contributed by atoms with Gasteiger partial charge in [-0.3, -0.25) is 0 Å². The summed E-state index contributed by atoms with van der Waals surface area (Å²) in [5.74, 6) is 2.28. The minimum atomic E-state index is 0.696. The zero-order valence-electron chi connectivity index (χ0n) is 9.92. The van der Waals surface area contributed by atoms with Gasteiger partial charge in [0.15, 0.2) is 0 Å². The topological polar surface area (TPSA) is 38.0 Å². The van der Waals surface area contributed by atoms with Crippen LogP contribution in [0, 0.1) is 17.8 Å². The van der Waals surface area contributed by atoms with Crippen molar-refractivity contribution in [2.45, 2.75) is 46.1 Å². The molecule has 3 atom stereocenters. The summed E-state index contributed by atoms with van der Waals surface area (Å²) in [6.45, 7) is 8.92. The third kappa shape index (κ3) is 3.25. The zero-order valence-corrected chi connectivity index (χ0v) is 9.92. The Bertz CT molecular complexity index is 156. The van der Waals surface area contributed by atoms with E-state index in [9.17, 15) is 0 Å². The van der Waals surface area contributed by atoms with E-state index < -0.39 is 0 Å². The highest BCUT2D eigenvalue weighted by Crippen LogP contribution is 2.24. The second-order valence-electron chi connectivity index (χ2n) is 5.16. The third-order valence-corrected chi connectivity index (χ3v) is 3.80. The van der Waals surface area contributed by atoms with E-state index in [0.717, 1.165) is 30.8 Å². The molecule has 0 radical (unpaired) electrons. The summed E-state index contributed by atoms with van der Waals surface area (Å²) < 4.78 is 0. The molecular formula is C12H26N2. The maximum absolute atomic E-state index is 5.75. The van der Waals surface area contributed by atoms with Crippen molar-refractivity contribution < 1.29 is 0 Å². The molecule has 1 saturated carbocycles. The fraction of sp³-hybridized carbons (Fsp3) is 1.00. The van der Waals surface area contributed by atoms with Gasteiger partial charge in [0.2, 0.25) is 0 Å². The van der Waals surface area contributed by atoms with Crippen molar-refractivity contribution >= 4 is 0 Å². The predicted molar refractivity (Wildman–Crippen MR) is 62.2 cm³/mol. The van der Waals surface area contributed by atoms with Crippen LogP contribution in [0.25, 0.3) is 0 Å². The summed E-state index contributed by atoms with van der Waals surface area (Å²) in [5.41, 5.74) is 5.75. The number of hydrogen-bond donors (Lipinski definition) is 2. The van der Waals surface area contributed by atoms with E-state index in [4.69, 9.17) is 5.73 Å². The molecule has 84 valence electrons. The molecule has 1 rings (SSSR count). The van der Waals surface area contributed by atoms with Crippen molar-refractivity contribution in [3.63, 3.8) is 0 Å². The van der Waals surface area contributed by atoms with E-state index in [2.05, 4.69) is 26.1 Å². The number of nitrogens with two attached hydrogens (primary N) is 1. The van der Waals surface area contributed by atoms with Crippen LogP contribution in [0.15, 0.2) is 0 Å². The average Bonchev–Trinajstić information content (AvgIpc) is 2.60. The fourth-order valence-corrected chi connectivity index (χ4v) is 2.16. The highest BCUT2D eigenvalue weighted by molar-refractivity contribution is 4.84. The number of nitrogens with one attached hydrogen (secondary N) is 1. The van der Waals surface area contributed by atoms with Crippen molar-refractivity contribution in [2.75, 3.05) is 13.1 Å². The molecule has 1 aliphatic carbocycles. The predicted octanol–water partition coefficient (Wildman–Crippen LogP) is 2.00. The molecule has 2 nitrogen and oxygen atoms in total. The molecule has 1 aliphatic rings. The Balaban J connectivity index is 2.23. The summed E-state index contributed by atoms with van der Waals surface area (Å²) in [6.07, 6.45) is 4.01. The van der Waals surface area contributed by atoms with Crippen LogP contribution in [0.2, 0.25) is 0 Å². The summed E-state index contributed by atoms with van der Waals surface area (Å²) in [5, 5.41) is 3.68. The summed E-state index contributed by atoms with van der Waals surface area (Å²) in [7, 11) is 0. The Hall–Kier alpha value is -0.0800. The van der Waals surface area contributed by atoms with Crippen molar-refractivity contribution in [1.29, 1.82) is 0 Å². The smallest absolute Gasteiger partial charge is 0.0107 e. The lowest BCUT2D eigenvalue weighted by molar-refractivity contribution is 0.336. The van der Waals surface area contributed by atoms with E-state index in [1.165, 1.54) is 19.3 Å². The first-order valence-corrected chi connectivity index (χ1v) is 6.08. The zero-order chi connectivity index (χ0) is 10.6. The van der Waals surface area contributed by atoms with Crippen molar-refractivity contribution in [3.05, 3.63) is 0 Å². The van der Waals surface area contributed by atoms with E-state index >= 15 is 0 Å². The van der Waals surface area contributed by atoms with Crippen LogP contribution in [-0.2, 0) is 0 Å². The van der Waals surface area contributed by atoms with Crippen LogP contribution in [0.1, 0.15) is 40.0 Å². The van der Waals surface area contributed by atoms with Gasteiger partial charge in [-0.2, -0.15) is 0 Å². The van der Waals surface area contributed by atoms with Crippen LogP contribution in [0.5, 0.6) is 0 Å². The first kappa shape index (κ1) is 12.0. The molecule has 0 aliphatic heterocycles. The average molecular weight is 198 g/mol. The molecule has 0 heterocycles. The fourth-order valence-electron chi connectivity index (χ4n) is 2.16. The lowest BCUT2D eigenvalue weighted by atomic mass is 9.97. The van der Waals surface area contributed by atoms with Gasteiger partial charge >= 0.3 is 0 Å². The largest absolute Gasteiger partial charge is 0.330 e. The monoisotopic (exact) mass is 198 g/mol. The molecule has 14 heavy (non-hydrogen) atoms. The molecule has 3 N–H and O–H groups in total. The Morgan fingerprint density at radius 3 is 2.57 bits per heavy atom. The maximum Gasteiger partial charge on any atom is 0.0107 e. The Morgan fingerprint density at radius 2 is 2.00 bits per heavy atom. The van der Waals surface area contributed by atoms with Crippen LogP contribution in [0.3, 0.4) is 0 Å². The second-order valence-corrected chi connectivity index (χ2v) is 5.16. The first-order chi connectivity index (χ1) is 6.65. The van der Waals surface area contributed by atoms with Gasteiger partial charge in [-0.1, -0.05) is 27.2 Å². The minimum Gasteiger partial charge on any atom is -0.330 e. The Morgan fingerprint density at radius 1 is 1.29 bits per heavy atom. The lowest BCUT2D eigenvalue weighted by Gasteiger charge is -2.23. The highest BCUT2D eigenvalue weighted by Gasteiger charge is 2.25. The Kier molecular flexibility index (Phi) is 4.90. The van der Waals surface area contributed by atoms with Crippen LogP contribution in [0.4, 0.5) is 0 Å². The van der Waals surface area contributed by atoms with Gasteiger partial charge in [0.1, 0.15) is 0 Å². The van der Waals surface area contributed by atoms with Gasteiger partial charge in [0.25, 0.3) is 0 Å². The second kappa shape index (κ2) is 5.72. The molecule has 0 amide bonds. The van der Waals surface area contributed by atoms with Crippen molar-refractivity contribution in [3.8, 4) is 0 Å². The number of hydrogen-bond acceptors (Lipinski definition) is 2. The van der Waals surface area contributed by atoms with Gasteiger partial charge in [0.05, 0.1) is 0 Å². The first-order valence-electron chi connectivity index (χ1n) is 6.08. The quantitative estimate of drug-likeness (QED) is 0.709. The maximum atomic E-state index is 5.75. The van der Waals surface area contributed by atoms with Crippen molar-refractivity contribution in [1.82, 2.24) is 5.32 Å². The standard InChI is InChI=1S/C12H26N2/c1-9(2)10(3)8-14-12-6-4-5-11(12)7-13/h9-12,14H,4-8,13H2,1-3H3. The summed E-state index contributed by atoms with van der Waals surface area (Å²) >= 11 is 0. The molecule has 0 spiro atoms. The van der Waals surface area contributed by atoms with E-state index in [-0.39, 0.29) is 0 Å². The van der Waals surface area contributed by atoms with Gasteiger partial charge in [-0.05, 0) is 43.7 Å². The van der Waals surface area contributed by atoms with Gasteiger partial charge < -0.3 is 11.1 Å². The molecule has 0 aromatic heterocycles. The minimum absolute atomic E-state index is 0.696. The normalized spacial score (nSPS) is 29.8. The molecular weight excluding hydrogens is 172 g/mol. The van der Waals surface area contributed by atoms with Crippen LogP contribution in [-0.4, -0.2) is 19.1 Å². The summed E-state index contributed by atoms with van der Waals surface area (Å²) in [6, 6.07) is 0.696. The molecule has 0 aromatic rings.